The summed E-state index contributed by atoms with van der Waals surface area (Å²) in [6.45, 7) is 7.64. The molecular formula is C12H25N3OS. The largest absolute Gasteiger partial charge is 0.393 e. The van der Waals surface area contributed by atoms with Crippen LogP contribution in [-0.4, -0.2) is 43.0 Å². The molecule has 1 unspecified atom stereocenters. The first-order chi connectivity index (χ1) is 7.70. The summed E-state index contributed by atoms with van der Waals surface area (Å²) in [7, 11) is 3.67. The van der Waals surface area contributed by atoms with Gasteiger partial charge in [-0.3, -0.25) is 4.79 Å². The van der Waals surface area contributed by atoms with Crippen molar-refractivity contribution >= 4 is 23.1 Å². The van der Waals surface area contributed by atoms with Crippen molar-refractivity contribution in [3.05, 3.63) is 0 Å². The van der Waals surface area contributed by atoms with E-state index in [4.69, 9.17) is 18.0 Å². The Morgan fingerprint density at radius 2 is 2.06 bits per heavy atom. The Morgan fingerprint density at radius 1 is 1.53 bits per heavy atom. The van der Waals surface area contributed by atoms with Crippen LogP contribution in [0.1, 0.15) is 27.2 Å². The average Bonchev–Trinajstić information content (AvgIpc) is 2.25. The Hall–Kier alpha value is -0.680. The number of nitrogens with one attached hydrogen (secondary N) is 1. The first-order valence-corrected chi connectivity index (χ1v) is 6.31. The summed E-state index contributed by atoms with van der Waals surface area (Å²) in [6.07, 6.45) is 0.902. The third-order valence-electron chi connectivity index (χ3n) is 3.07. The van der Waals surface area contributed by atoms with Gasteiger partial charge in [0, 0.05) is 24.9 Å². The molecule has 0 bridgehead atoms. The van der Waals surface area contributed by atoms with Gasteiger partial charge in [-0.25, -0.2) is 0 Å². The predicted molar refractivity (Wildman–Crippen MR) is 75.9 cm³/mol. The van der Waals surface area contributed by atoms with E-state index in [0.717, 1.165) is 19.5 Å². The van der Waals surface area contributed by atoms with Gasteiger partial charge in [0.25, 0.3) is 0 Å². The summed E-state index contributed by atoms with van der Waals surface area (Å²) in [5.41, 5.74) is 5.55. The predicted octanol–water partition coefficient (Wildman–Crippen LogP) is 1.00. The van der Waals surface area contributed by atoms with E-state index in [-0.39, 0.29) is 17.2 Å². The lowest BCUT2D eigenvalue weighted by atomic mass is 9.89. The third kappa shape index (κ3) is 5.98. The molecule has 17 heavy (non-hydrogen) atoms. The molecule has 0 saturated heterocycles. The zero-order chi connectivity index (χ0) is 13.6. The smallest absolute Gasteiger partial charge is 0.223 e. The first-order valence-electron chi connectivity index (χ1n) is 5.90. The van der Waals surface area contributed by atoms with Crippen LogP contribution in [0.5, 0.6) is 0 Å². The molecule has 0 aromatic rings. The summed E-state index contributed by atoms with van der Waals surface area (Å²) < 4.78 is 0. The first kappa shape index (κ1) is 16.3. The number of amides is 1. The van der Waals surface area contributed by atoms with Crippen molar-refractivity contribution in [1.29, 1.82) is 0 Å². The highest BCUT2D eigenvalue weighted by Gasteiger charge is 2.22. The van der Waals surface area contributed by atoms with Crippen molar-refractivity contribution in [2.24, 2.45) is 17.1 Å². The molecule has 0 radical (unpaired) electrons. The van der Waals surface area contributed by atoms with Gasteiger partial charge in [-0.1, -0.05) is 33.0 Å². The number of nitrogens with zero attached hydrogens (tertiary/aromatic N) is 1. The molecular weight excluding hydrogens is 234 g/mol. The van der Waals surface area contributed by atoms with Crippen LogP contribution in [0.3, 0.4) is 0 Å². The van der Waals surface area contributed by atoms with Gasteiger partial charge in [-0.15, -0.1) is 0 Å². The molecule has 0 aliphatic heterocycles. The lowest BCUT2D eigenvalue weighted by Crippen LogP contribution is -2.37. The summed E-state index contributed by atoms with van der Waals surface area (Å²) in [4.78, 5) is 14.1. The summed E-state index contributed by atoms with van der Waals surface area (Å²) in [5, 5.41) is 2.65. The quantitative estimate of drug-likeness (QED) is 0.670. The summed E-state index contributed by atoms with van der Waals surface area (Å²) in [6, 6.07) is 0. The molecule has 1 amide bonds. The number of hydrogen-bond acceptors (Lipinski definition) is 3. The highest BCUT2D eigenvalue weighted by molar-refractivity contribution is 7.80. The minimum atomic E-state index is -0.125. The molecule has 0 rings (SSSR count). The van der Waals surface area contributed by atoms with Gasteiger partial charge in [0.2, 0.25) is 5.91 Å². The second-order valence-corrected chi connectivity index (χ2v) is 5.72. The second-order valence-electron chi connectivity index (χ2n) is 5.28. The highest BCUT2D eigenvalue weighted by Crippen LogP contribution is 2.20. The molecule has 0 aliphatic rings. The number of hydrogen-bond donors (Lipinski definition) is 2. The minimum Gasteiger partial charge on any atom is -0.393 e. The fourth-order valence-electron chi connectivity index (χ4n) is 1.48. The molecule has 5 heteroatoms. The van der Waals surface area contributed by atoms with Crippen LogP contribution in [-0.2, 0) is 4.79 Å². The van der Waals surface area contributed by atoms with E-state index < -0.39 is 0 Å². The standard InChI is InChI=1S/C12H25N3OS/c1-9(10(16)14-4)8-15(5)7-6-12(2,3)11(13)17/h9H,6-8H2,1-5H3,(H2,13,17)(H,14,16). The van der Waals surface area contributed by atoms with Gasteiger partial charge in [0.05, 0.1) is 4.99 Å². The Morgan fingerprint density at radius 3 is 2.47 bits per heavy atom. The molecule has 0 spiro atoms. The number of thiocarbonyl (C=S) groups is 1. The monoisotopic (exact) mass is 259 g/mol. The molecule has 0 aliphatic carbocycles. The Kier molecular flexibility index (Phi) is 6.64. The van der Waals surface area contributed by atoms with Crippen molar-refractivity contribution < 1.29 is 4.79 Å². The number of carbonyl (C=O) groups excluding carboxylic acids is 1. The molecule has 0 heterocycles. The van der Waals surface area contributed by atoms with E-state index in [1.54, 1.807) is 7.05 Å². The fourth-order valence-corrected chi connectivity index (χ4v) is 1.58. The second kappa shape index (κ2) is 6.91. The average molecular weight is 259 g/mol. The van der Waals surface area contributed by atoms with E-state index in [1.165, 1.54) is 0 Å². The van der Waals surface area contributed by atoms with Crippen LogP contribution in [0.4, 0.5) is 0 Å². The maximum atomic E-state index is 11.4. The molecule has 4 nitrogen and oxygen atoms in total. The topological polar surface area (TPSA) is 58.4 Å². The Balaban J connectivity index is 4.07. The number of nitrogens with two attached hydrogens (primary N) is 1. The van der Waals surface area contributed by atoms with Gasteiger partial charge >= 0.3 is 0 Å². The van der Waals surface area contributed by atoms with Crippen LogP contribution in [0.2, 0.25) is 0 Å². The van der Waals surface area contributed by atoms with E-state index in [2.05, 4.69) is 10.2 Å². The molecule has 1 atom stereocenters. The van der Waals surface area contributed by atoms with Gasteiger partial charge in [-0.05, 0) is 20.0 Å². The third-order valence-corrected chi connectivity index (χ3v) is 3.62. The van der Waals surface area contributed by atoms with E-state index in [9.17, 15) is 4.79 Å². The molecule has 100 valence electrons. The zero-order valence-electron chi connectivity index (χ0n) is 11.5. The van der Waals surface area contributed by atoms with Gasteiger partial charge < -0.3 is 16.0 Å². The van der Waals surface area contributed by atoms with E-state index in [1.807, 2.05) is 27.8 Å². The Bertz CT molecular complexity index is 279. The molecule has 3 N–H and O–H groups in total. The van der Waals surface area contributed by atoms with Crippen LogP contribution in [0.25, 0.3) is 0 Å². The van der Waals surface area contributed by atoms with Crippen LogP contribution >= 0.6 is 12.2 Å². The maximum Gasteiger partial charge on any atom is 0.223 e. The maximum absolute atomic E-state index is 11.4. The SMILES string of the molecule is CNC(=O)C(C)CN(C)CCC(C)(C)C(N)=S. The Labute approximate surface area is 110 Å². The zero-order valence-corrected chi connectivity index (χ0v) is 12.4. The van der Waals surface area contributed by atoms with Crippen molar-refractivity contribution in [3.8, 4) is 0 Å². The highest BCUT2D eigenvalue weighted by atomic mass is 32.1. The van der Waals surface area contributed by atoms with Crippen molar-refractivity contribution in [2.45, 2.75) is 27.2 Å². The van der Waals surface area contributed by atoms with Crippen LogP contribution < -0.4 is 11.1 Å². The summed E-state index contributed by atoms with van der Waals surface area (Å²) in [5.74, 6) is 0.0726. The molecule has 0 aromatic heterocycles. The lowest BCUT2D eigenvalue weighted by Gasteiger charge is -2.27. The van der Waals surface area contributed by atoms with Gasteiger partial charge in [-0.2, -0.15) is 0 Å². The van der Waals surface area contributed by atoms with E-state index >= 15 is 0 Å². The van der Waals surface area contributed by atoms with Crippen LogP contribution in [0.15, 0.2) is 0 Å². The molecule has 0 aromatic carbocycles. The van der Waals surface area contributed by atoms with Crippen molar-refractivity contribution in [2.75, 3.05) is 27.2 Å². The lowest BCUT2D eigenvalue weighted by molar-refractivity contribution is -0.124. The van der Waals surface area contributed by atoms with Gasteiger partial charge in [0.1, 0.15) is 0 Å². The minimum absolute atomic E-state index is 0.00191. The fraction of sp³-hybridized carbons (Fsp3) is 0.833. The van der Waals surface area contributed by atoms with E-state index in [0.29, 0.717) is 4.99 Å². The number of rotatable bonds is 7. The van der Waals surface area contributed by atoms with Crippen LogP contribution in [0, 0.1) is 11.3 Å². The molecule has 0 saturated carbocycles. The number of carbonyl (C=O) groups is 1. The van der Waals surface area contributed by atoms with Crippen molar-refractivity contribution in [3.63, 3.8) is 0 Å². The summed E-state index contributed by atoms with van der Waals surface area (Å²) >= 11 is 5.03. The van der Waals surface area contributed by atoms with Gasteiger partial charge in [0.15, 0.2) is 0 Å². The molecule has 0 fully saturated rings. The normalized spacial score (nSPS) is 13.5. The van der Waals surface area contributed by atoms with Crippen molar-refractivity contribution in [1.82, 2.24) is 10.2 Å².